The molecule has 1 fully saturated rings. The minimum absolute atomic E-state index is 0.543. The molecule has 0 aromatic heterocycles. The van der Waals surface area contributed by atoms with Crippen LogP contribution in [0.1, 0.15) is 19.4 Å². The molecule has 3 atom stereocenters. The van der Waals surface area contributed by atoms with Crippen LogP contribution in [0.25, 0.3) is 0 Å². The van der Waals surface area contributed by atoms with Gasteiger partial charge in [-0.05, 0) is 31.5 Å². The Balaban J connectivity index is 1.93. The Morgan fingerprint density at radius 2 is 1.77 bits per heavy atom. The van der Waals surface area contributed by atoms with E-state index in [1.54, 1.807) is 13.4 Å². The van der Waals surface area contributed by atoms with E-state index in [2.05, 4.69) is 35.8 Å². The second-order valence-corrected chi connectivity index (χ2v) is 7.60. The van der Waals surface area contributed by atoms with Crippen LogP contribution in [0.4, 0.5) is 0 Å². The molecule has 1 saturated heterocycles. The first-order valence-corrected chi connectivity index (χ1v) is 9.46. The molecule has 0 unspecified atom stereocenters. The lowest BCUT2D eigenvalue weighted by molar-refractivity contribution is 0.0179. The molecule has 2 rings (SSSR count). The molecule has 0 N–H and O–H groups in total. The highest BCUT2D eigenvalue weighted by atomic mass is 32.2. The predicted octanol–water partition coefficient (Wildman–Crippen LogP) is 1.96. The second-order valence-electron chi connectivity index (χ2n) is 6.22. The summed E-state index contributed by atoms with van der Waals surface area (Å²) in [6.07, 6.45) is 1.72. The third-order valence-electron chi connectivity index (χ3n) is 4.39. The molecule has 1 aliphatic heterocycles. The molecule has 124 valence electrons. The van der Waals surface area contributed by atoms with Crippen molar-refractivity contribution in [3.8, 4) is 0 Å². The number of piperazine rings is 1. The molecule has 4 nitrogen and oxygen atoms in total. The van der Waals surface area contributed by atoms with Crippen LogP contribution < -0.4 is 0 Å². The topological polar surface area (TPSA) is 32.8 Å². The van der Waals surface area contributed by atoms with Crippen molar-refractivity contribution in [1.82, 2.24) is 9.80 Å². The minimum Gasteiger partial charge on any atom is -0.383 e. The van der Waals surface area contributed by atoms with Gasteiger partial charge in [-0.3, -0.25) is 14.0 Å². The summed E-state index contributed by atoms with van der Waals surface area (Å²) >= 11 is 0. The van der Waals surface area contributed by atoms with E-state index in [0.29, 0.717) is 12.1 Å². The van der Waals surface area contributed by atoms with E-state index in [-0.39, 0.29) is 0 Å². The summed E-state index contributed by atoms with van der Waals surface area (Å²) in [4.78, 5) is 5.94. The van der Waals surface area contributed by atoms with E-state index in [9.17, 15) is 4.21 Å². The summed E-state index contributed by atoms with van der Waals surface area (Å²) in [6, 6.07) is 9.25. The molecular weight excluding hydrogens is 296 g/mol. The third kappa shape index (κ3) is 4.62. The number of benzene rings is 1. The van der Waals surface area contributed by atoms with E-state index in [1.165, 1.54) is 5.56 Å². The quantitative estimate of drug-likeness (QED) is 0.801. The van der Waals surface area contributed by atoms with Gasteiger partial charge >= 0.3 is 0 Å². The Bertz CT molecular complexity index is 480. The van der Waals surface area contributed by atoms with Crippen LogP contribution in [0.3, 0.4) is 0 Å². The predicted molar refractivity (Wildman–Crippen MR) is 91.6 cm³/mol. The van der Waals surface area contributed by atoms with E-state index in [1.807, 2.05) is 12.1 Å². The number of nitrogens with zero attached hydrogens (tertiary/aromatic N) is 2. The lowest BCUT2D eigenvalue weighted by atomic mass is 10.1. The molecule has 1 aliphatic rings. The Hall–Kier alpha value is -0.750. The summed E-state index contributed by atoms with van der Waals surface area (Å²) in [5.41, 5.74) is 1.29. The van der Waals surface area contributed by atoms with E-state index in [0.717, 1.165) is 37.7 Å². The maximum Gasteiger partial charge on any atom is 0.0589 e. The average molecular weight is 324 g/mol. The average Bonchev–Trinajstić information content (AvgIpc) is 2.47. The molecule has 0 aliphatic carbocycles. The highest BCUT2D eigenvalue weighted by molar-refractivity contribution is 7.84. The highest BCUT2D eigenvalue weighted by Gasteiger charge is 2.28. The zero-order valence-electron chi connectivity index (χ0n) is 14.1. The molecule has 1 aromatic carbocycles. The molecule has 0 amide bonds. The Morgan fingerprint density at radius 1 is 1.18 bits per heavy atom. The van der Waals surface area contributed by atoms with Crippen molar-refractivity contribution in [2.24, 2.45) is 0 Å². The number of ether oxygens (including phenoxy) is 1. The Morgan fingerprint density at radius 3 is 2.27 bits per heavy atom. The zero-order chi connectivity index (χ0) is 16.1. The largest absolute Gasteiger partial charge is 0.383 e. The van der Waals surface area contributed by atoms with Gasteiger partial charge in [0.2, 0.25) is 0 Å². The van der Waals surface area contributed by atoms with E-state index < -0.39 is 10.8 Å². The first kappa shape index (κ1) is 17.6. The molecule has 0 spiro atoms. The monoisotopic (exact) mass is 324 g/mol. The van der Waals surface area contributed by atoms with Gasteiger partial charge in [0.1, 0.15) is 0 Å². The Kier molecular flexibility index (Phi) is 6.56. The summed E-state index contributed by atoms with van der Waals surface area (Å²) in [5.74, 6) is 0. The number of rotatable bonds is 6. The van der Waals surface area contributed by atoms with E-state index >= 15 is 0 Å². The summed E-state index contributed by atoms with van der Waals surface area (Å²) < 4.78 is 16.7. The van der Waals surface area contributed by atoms with Crippen LogP contribution >= 0.6 is 0 Å². The van der Waals surface area contributed by atoms with Gasteiger partial charge in [0.25, 0.3) is 0 Å². The Labute approximate surface area is 136 Å². The van der Waals surface area contributed by atoms with Crippen molar-refractivity contribution in [3.05, 3.63) is 29.8 Å². The fourth-order valence-electron chi connectivity index (χ4n) is 3.28. The van der Waals surface area contributed by atoms with Gasteiger partial charge in [-0.2, -0.15) is 0 Å². The van der Waals surface area contributed by atoms with E-state index in [4.69, 9.17) is 4.74 Å². The molecule has 1 heterocycles. The second kappa shape index (κ2) is 8.20. The van der Waals surface area contributed by atoms with Crippen LogP contribution in [0.2, 0.25) is 0 Å². The van der Waals surface area contributed by atoms with Crippen LogP contribution in [-0.4, -0.2) is 65.7 Å². The maximum atomic E-state index is 11.4. The fourth-order valence-corrected chi connectivity index (χ4v) is 3.80. The molecule has 0 bridgehead atoms. The van der Waals surface area contributed by atoms with Crippen molar-refractivity contribution < 1.29 is 8.95 Å². The summed E-state index contributed by atoms with van der Waals surface area (Å²) in [5, 5.41) is 0. The van der Waals surface area contributed by atoms with Crippen molar-refractivity contribution in [2.75, 3.05) is 39.6 Å². The number of methoxy groups -OCH3 is 1. The van der Waals surface area contributed by atoms with Crippen LogP contribution in [0.5, 0.6) is 0 Å². The van der Waals surface area contributed by atoms with Crippen molar-refractivity contribution >= 4 is 10.8 Å². The molecule has 1 aromatic rings. The normalized spacial score (nSPS) is 25.3. The van der Waals surface area contributed by atoms with Gasteiger partial charge in [0, 0.05) is 67.3 Å². The van der Waals surface area contributed by atoms with Gasteiger partial charge in [0.15, 0.2) is 0 Å². The zero-order valence-corrected chi connectivity index (χ0v) is 14.9. The van der Waals surface area contributed by atoms with Gasteiger partial charge < -0.3 is 4.74 Å². The summed E-state index contributed by atoms with van der Waals surface area (Å²) in [7, 11) is 0.867. The van der Waals surface area contributed by atoms with Crippen molar-refractivity contribution in [1.29, 1.82) is 0 Å². The van der Waals surface area contributed by atoms with Gasteiger partial charge in [-0.15, -0.1) is 0 Å². The lowest BCUT2D eigenvalue weighted by Gasteiger charge is -2.44. The van der Waals surface area contributed by atoms with Gasteiger partial charge in [0.05, 0.1) is 6.61 Å². The number of hydrogen-bond donors (Lipinski definition) is 0. The van der Waals surface area contributed by atoms with Crippen LogP contribution in [-0.2, 0) is 22.1 Å². The van der Waals surface area contributed by atoms with Crippen LogP contribution in [0.15, 0.2) is 29.2 Å². The van der Waals surface area contributed by atoms with Gasteiger partial charge in [-0.25, -0.2) is 0 Å². The third-order valence-corrected chi connectivity index (χ3v) is 5.33. The molecule has 22 heavy (non-hydrogen) atoms. The van der Waals surface area contributed by atoms with Crippen LogP contribution in [0, 0.1) is 0 Å². The minimum atomic E-state index is -0.896. The van der Waals surface area contributed by atoms with Gasteiger partial charge in [-0.1, -0.05) is 12.1 Å². The SMILES string of the molecule is COCCN1[C@H](C)CN(Cc2ccc([S@](C)=O)cc2)C[C@@H]1C. The molecule has 0 radical (unpaired) electrons. The molecule has 5 heteroatoms. The number of hydrogen-bond acceptors (Lipinski definition) is 4. The lowest BCUT2D eigenvalue weighted by Crippen LogP contribution is -2.56. The smallest absolute Gasteiger partial charge is 0.0589 e. The first-order valence-electron chi connectivity index (χ1n) is 7.90. The molecule has 0 saturated carbocycles. The summed E-state index contributed by atoms with van der Waals surface area (Å²) in [6.45, 7) is 9.51. The van der Waals surface area contributed by atoms with Crippen molar-refractivity contribution in [3.63, 3.8) is 0 Å². The first-order chi connectivity index (χ1) is 10.5. The highest BCUT2D eigenvalue weighted by Crippen LogP contribution is 2.18. The van der Waals surface area contributed by atoms with Crippen molar-refractivity contribution in [2.45, 2.75) is 37.4 Å². The fraction of sp³-hybridized carbons (Fsp3) is 0.647. The standard InChI is InChI=1S/C17H28N2O2S/c1-14-11-18(12-15(2)19(14)9-10-21-3)13-16-5-7-17(8-6-16)22(4)20/h5-8,14-15H,9-13H2,1-4H3/t14-,15+,22-/m0/s1. The molecular formula is C17H28N2O2S. The maximum absolute atomic E-state index is 11.4.